The van der Waals surface area contributed by atoms with Gasteiger partial charge in [-0.1, -0.05) is 49.6 Å². The molecule has 2 rings (SSSR count). The smallest absolute Gasteiger partial charge is 0.123 e. The molecule has 0 aliphatic carbocycles. The summed E-state index contributed by atoms with van der Waals surface area (Å²) in [6, 6.07) is 7.95. The molecule has 0 fully saturated rings. The van der Waals surface area contributed by atoms with Crippen molar-refractivity contribution in [2.24, 2.45) is 10.2 Å². The van der Waals surface area contributed by atoms with E-state index in [0.29, 0.717) is 0 Å². The number of hydrogen-bond acceptors (Lipinski definition) is 2. The average molecular weight is 196 g/mol. The van der Waals surface area contributed by atoms with Gasteiger partial charge in [-0.25, -0.2) is 0 Å². The molecule has 1 unspecified atom stereocenters. The Bertz CT molecular complexity index is 455. The Kier molecular flexibility index (Phi) is 2.59. The summed E-state index contributed by atoms with van der Waals surface area (Å²) >= 11 is 0. The molecule has 74 valence electrons. The van der Waals surface area contributed by atoms with Crippen molar-refractivity contribution in [3.8, 4) is 0 Å². The quantitative estimate of drug-likeness (QED) is 0.649. The minimum absolute atomic E-state index is 0.0169. The molecule has 1 aliphatic heterocycles. The van der Waals surface area contributed by atoms with Crippen LogP contribution in [0.3, 0.4) is 0 Å². The first-order chi connectivity index (χ1) is 7.36. The summed E-state index contributed by atoms with van der Waals surface area (Å²) in [5.41, 5.74) is 3.10. The van der Waals surface area contributed by atoms with Crippen molar-refractivity contribution < 1.29 is 0 Å². The van der Waals surface area contributed by atoms with Crippen LogP contribution in [0.4, 0.5) is 5.69 Å². The van der Waals surface area contributed by atoms with Gasteiger partial charge in [0.2, 0.25) is 0 Å². The maximum Gasteiger partial charge on any atom is 0.123 e. The molecule has 0 N–H and O–H groups in total. The first kappa shape index (κ1) is 9.59. The number of azo groups is 1. The molecular formula is C13H12N2. The van der Waals surface area contributed by atoms with E-state index in [-0.39, 0.29) is 6.04 Å². The molecule has 1 aromatic rings. The zero-order valence-electron chi connectivity index (χ0n) is 8.43. The average Bonchev–Trinajstić information content (AvgIpc) is 2.70. The molecular weight excluding hydrogens is 184 g/mol. The molecule has 1 atom stereocenters. The highest BCUT2D eigenvalue weighted by molar-refractivity contribution is 5.53. The number of allylic oxidation sites excluding steroid dienone is 2. The van der Waals surface area contributed by atoms with Crippen molar-refractivity contribution in [3.05, 3.63) is 66.8 Å². The molecule has 0 saturated carbocycles. The van der Waals surface area contributed by atoms with Gasteiger partial charge in [-0.05, 0) is 11.6 Å². The molecule has 15 heavy (non-hydrogen) atoms. The van der Waals surface area contributed by atoms with Crippen molar-refractivity contribution in [3.63, 3.8) is 0 Å². The predicted octanol–water partition coefficient (Wildman–Crippen LogP) is 4.12. The molecule has 0 aromatic heterocycles. The van der Waals surface area contributed by atoms with E-state index in [1.807, 2.05) is 30.3 Å². The first-order valence-electron chi connectivity index (χ1n) is 4.81. The lowest BCUT2D eigenvalue weighted by Gasteiger charge is -2.07. The first-order valence-corrected chi connectivity index (χ1v) is 4.81. The second kappa shape index (κ2) is 4.05. The van der Waals surface area contributed by atoms with Crippen molar-refractivity contribution in [2.75, 3.05) is 0 Å². The lowest BCUT2D eigenvalue weighted by molar-refractivity contribution is 0.861. The summed E-state index contributed by atoms with van der Waals surface area (Å²) < 4.78 is 0. The van der Waals surface area contributed by atoms with Crippen LogP contribution in [-0.4, -0.2) is 0 Å². The van der Waals surface area contributed by atoms with Crippen molar-refractivity contribution in [2.45, 2.75) is 6.04 Å². The molecule has 2 heteroatoms. The Balaban J connectivity index is 2.43. The minimum atomic E-state index is -0.0169. The van der Waals surface area contributed by atoms with Gasteiger partial charge in [0.25, 0.3) is 0 Å². The largest absolute Gasteiger partial charge is 0.175 e. The predicted molar refractivity (Wildman–Crippen MR) is 62.2 cm³/mol. The van der Waals surface area contributed by atoms with Gasteiger partial charge < -0.3 is 0 Å². The summed E-state index contributed by atoms with van der Waals surface area (Å²) in [4.78, 5) is 0. The topological polar surface area (TPSA) is 24.7 Å². The summed E-state index contributed by atoms with van der Waals surface area (Å²) in [5, 5.41) is 8.36. The summed E-state index contributed by atoms with van der Waals surface area (Å²) in [6.45, 7) is 7.46. The molecule has 0 saturated heterocycles. The fourth-order valence-electron chi connectivity index (χ4n) is 1.65. The second-order valence-corrected chi connectivity index (χ2v) is 3.28. The van der Waals surface area contributed by atoms with Crippen LogP contribution in [-0.2, 0) is 0 Å². The van der Waals surface area contributed by atoms with Gasteiger partial charge in [0.05, 0.1) is 5.69 Å². The number of fused-ring (bicyclic) bond motifs is 1. The molecule has 1 aliphatic rings. The number of benzene rings is 1. The van der Waals surface area contributed by atoms with E-state index in [9.17, 15) is 0 Å². The van der Waals surface area contributed by atoms with Crippen molar-refractivity contribution in [1.29, 1.82) is 0 Å². The van der Waals surface area contributed by atoms with E-state index in [2.05, 4.69) is 23.4 Å². The van der Waals surface area contributed by atoms with Crippen molar-refractivity contribution in [1.82, 2.24) is 0 Å². The fourth-order valence-corrected chi connectivity index (χ4v) is 1.65. The van der Waals surface area contributed by atoms with Crippen LogP contribution in [0, 0.1) is 0 Å². The highest BCUT2D eigenvalue weighted by Gasteiger charge is 2.21. The minimum Gasteiger partial charge on any atom is -0.175 e. The van der Waals surface area contributed by atoms with Gasteiger partial charge in [0.15, 0.2) is 0 Å². The number of nitrogens with zero attached hydrogens (tertiary/aromatic N) is 2. The Morgan fingerprint density at radius 3 is 2.80 bits per heavy atom. The third kappa shape index (κ3) is 1.66. The molecule has 1 aromatic carbocycles. The van der Waals surface area contributed by atoms with Crippen LogP contribution in [0.1, 0.15) is 11.6 Å². The SMILES string of the molecule is C=C/C=C(\C=C)C1N=Nc2ccccc21. The summed E-state index contributed by atoms with van der Waals surface area (Å²) in [5.74, 6) is 0. The zero-order chi connectivity index (χ0) is 10.7. The zero-order valence-corrected chi connectivity index (χ0v) is 8.43. The van der Waals surface area contributed by atoms with E-state index in [1.54, 1.807) is 12.2 Å². The van der Waals surface area contributed by atoms with Gasteiger partial charge in [0, 0.05) is 5.56 Å². The van der Waals surface area contributed by atoms with E-state index in [4.69, 9.17) is 0 Å². The fraction of sp³-hybridized carbons (Fsp3) is 0.0769. The van der Waals surface area contributed by atoms with Gasteiger partial charge in [0.1, 0.15) is 6.04 Å². The number of hydrogen-bond donors (Lipinski definition) is 0. The highest BCUT2D eigenvalue weighted by Crippen LogP contribution is 2.39. The lowest BCUT2D eigenvalue weighted by Crippen LogP contribution is -1.93. The Morgan fingerprint density at radius 1 is 1.27 bits per heavy atom. The van der Waals surface area contributed by atoms with E-state index in [1.165, 1.54) is 0 Å². The van der Waals surface area contributed by atoms with Crippen LogP contribution in [0.25, 0.3) is 0 Å². The summed E-state index contributed by atoms with van der Waals surface area (Å²) in [6.07, 6.45) is 5.46. The van der Waals surface area contributed by atoms with E-state index >= 15 is 0 Å². The molecule has 2 nitrogen and oxygen atoms in total. The monoisotopic (exact) mass is 196 g/mol. The molecule has 0 amide bonds. The van der Waals surface area contributed by atoms with Crippen LogP contribution in [0.15, 0.2) is 71.5 Å². The van der Waals surface area contributed by atoms with E-state index < -0.39 is 0 Å². The molecule has 0 bridgehead atoms. The standard InChI is InChI=1S/C13H12N2/c1-3-7-10(4-2)13-11-8-5-6-9-12(11)14-15-13/h3-9,13H,1-2H2/b10-7+. The van der Waals surface area contributed by atoms with Crippen LogP contribution in [0.2, 0.25) is 0 Å². The third-order valence-electron chi connectivity index (χ3n) is 2.37. The summed E-state index contributed by atoms with van der Waals surface area (Å²) in [7, 11) is 0. The van der Waals surface area contributed by atoms with Crippen molar-refractivity contribution >= 4 is 5.69 Å². The molecule has 1 heterocycles. The Hall–Kier alpha value is -1.96. The maximum absolute atomic E-state index is 4.23. The third-order valence-corrected chi connectivity index (χ3v) is 2.37. The van der Waals surface area contributed by atoms with Gasteiger partial charge >= 0.3 is 0 Å². The molecule has 0 radical (unpaired) electrons. The van der Waals surface area contributed by atoms with Crippen LogP contribution in [0.5, 0.6) is 0 Å². The highest BCUT2D eigenvalue weighted by atomic mass is 15.2. The van der Waals surface area contributed by atoms with Gasteiger partial charge in [-0.2, -0.15) is 10.2 Å². The second-order valence-electron chi connectivity index (χ2n) is 3.28. The van der Waals surface area contributed by atoms with Crippen LogP contribution < -0.4 is 0 Å². The van der Waals surface area contributed by atoms with E-state index in [0.717, 1.165) is 16.8 Å². The lowest BCUT2D eigenvalue weighted by atomic mass is 9.99. The van der Waals surface area contributed by atoms with Gasteiger partial charge in [-0.3, -0.25) is 0 Å². The maximum atomic E-state index is 4.23. The van der Waals surface area contributed by atoms with Gasteiger partial charge in [-0.15, -0.1) is 0 Å². The molecule has 0 spiro atoms. The Morgan fingerprint density at radius 2 is 2.07 bits per heavy atom. The number of rotatable bonds is 3. The Labute approximate surface area is 89.4 Å². The van der Waals surface area contributed by atoms with Crippen LogP contribution >= 0.6 is 0 Å². The normalized spacial score (nSPS) is 18.7.